The van der Waals surface area contributed by atoms with Crippen LogP contribution in [0.4, 0.5) is 5.69 Å². The fourth-order valence-corrected chi connectivity index (χ4v) is 3.17. The Hall–Kier alpha value is -3.13. The minimum absolute atomic E-state index is 0.0161. The molecule has 1 aliphatic heterocycles. The van der Waals surface area contributed by atoms with E-state index in [2.05, 4.69) is 4.99 Å². The van der Waals surface area contributed by atoms with Crippen molar-refractivity contribution in [3.05, 3.63) is 90.7 Å². The average molecular weight is 464 g/mol. The summed E-state index contributed by atoms with van der Waals surface area (Å²) in [5, 5.41) is 11.8. The predicted octanol–water partition coefficient (Wildman–Crippen LogP) is 6.16. The highest BCUT2D eigenvalue weighted by molar-refractivity contribution is 6.42. The molecule has 0 bridgehead atoms. The van der Waals surface area contributed by atoms with Crippen molar-refractivity contribution in [3.63, 3.8) is 0 Å². The van der Waals surface area contributed by atoms with Gasteiger partial charge in [-0.05, 0) is 42.5 Å². The third-order valence-corrected chi connectivity index (χ3v) is 5.18. The molecule has 3 aromatic rings. The van der Waals surface area contributed by atoms with Crippen LogP contribution < -0.4 is 0 Å². The van der Waals surface area contributed by atoms with Crippen LogP contribution in [0.2, 0.25) is 15.1 Å². The number of hydrogen-bond donors (Lipinski definition) is 0. The van der Waals surface area contributed by atoms with E-state index >= 15 is 0 Å². The Balaban J connectivity index is 1.63. The quantitative estimate of drug-likeness (QED) is 0.200. The minimum Gasteiger partial charge on any atom is -0.457 e. The van der Waals surface area contributed by atoms with Gasteiger partial charge >= 0.3 is 5.97 Å². The maximum absolute atomic E-state index is 12.2. The lowest BCUT2D eigenvalue weighted by atomic mass is 10.2. The normalized spacial score (nSPS) is 14.7. The van der Waals surface area contributed by atoms with E-state index in [1.165, 1.54) is 24.3 Å². The summed E-state index contributed by atoms with van der Waals surface area (Å²) in [5.41, 5.74) is 0.625. The summed E-state index contributed by atoms with van der Waals surface area (Å²) >= 11 is 17.8. The van der Waals surface area contributed by atoms with Crippen molar-refractivity contribution in [1.29, 1.82) is 0 Å². The molecule has 0 aliphatic carbocycles. The number of aliphatic imine (C=N–C) groups is 1. The van der Waals surface area contributed by atoms with Gasteiger partial charge in [0.1, 0.15) is 16.5 Å². The number of nitrogens with zero attached hydrogens (tertiary/aromatic N) is 2. The molecule has 10 heteroatoms. The molecule has 2 aromatic carbocycles. The summed E-state index contributed by atoms with van der Waals surface area (Å²) in [6.45, 7) is 0. The smallest absolute Gasteiger partial charge is 0.363 e. The number of cyclic esters (lactones) is 1. The summed E-state index contributed by atoms with van der Waals surface area (Å²) in [6, 6.07) is 12.4. The van der Waals surface area contributed by atoms with Crippen molar-refractivity contribution >= 4 is 58.4 Å². The number of halogens is 3. The molecule has 2 heterocycles. The van der Waals surface area contributed by atoms with Gasteiger partial charge in [0.2, 0.25) is 5.90 Å². The molecule has 1 aromatic heterocycles. The molecule has 7 nitrogen and oxygen atoms in total. The second-order valence-electron chi connectivity index (χ2n) is 6.09. The number of esters is 1. The Kier molecular flexibility index (Phi) is 5.34. The summed E-state index contributed by atoms with van der Waals surface area (Å²) < 4.78 is 10.9. The van der Waals surface area contributed by atoms with Gasteiger partial charge in [0, 0.05) is 23.3 Å². The van der Waals surface area contributed by atoms with Crippen molar-refractivity contribution in [1.82, 2.24) is 0 Å². The standard InChI is InChI=1S/C20H9Cl3N2O5/c21-13-4-1-10(7-15(13)23)18-6-3-12(29-18)9-16-20(26)30-19(24-16)11-2-5-14(22)17(8-11)25(27)28/h1-9H/b16-9-. The third-order valence-electron chi connectivity index (χ3n) is 4.12. The zero-order valence-corrected chi connectivity index (χ0v) is 17.0. The number of furan rings is 1. The SMILES string of the molecule is O=C1OC(c2ccc(Cl)c([N+](=O)[O-])c2)=N/C1=C\c1ccc(-c2ccc(Cl)c(Cl)c2)o1. The molecule has 150 valence electrons. The van der Waals surface area contributed by atoms with Crippen LogP contribution in [0.3, 0.4) is 0 Å². The van der Waals surface area contributed by atoms with Crippen LogP contribution in [0.15, 0.2) is 63.6 Å². The molecular formula is C20H9Cl3N2O5. The highest BCUT2D eigenvalue weighted by Gasteiger charge is 2.26. The summed E-state index contributed by atoms with van der Waals surface area (Å²) in [4.78, 5) is 26.7. The van der Waals surface area contributed by atoms with Crippen LogP contribution in [0.25, 0.3) is 17.4 Å². The van der Waals surface area contributed by atoms with Gasteiger partial charge in [-0.15, -0.1) is 0 Å². The van der Waals surface area contributed by atoms with Crippen molar-refractivity contribution in [2.24, 2.45) is 4.99 Å². The first-order valence-corrected chi connectivity index (χ1v) is 9.47. The first-order chi connectivity index (χ1) is 14.3. The molecule has 0 spiro atoms. The molecular weight excluding hydrogens is 455 g/mol. The molecule has 0 saturated carbocycles. The predicted molar refractivity (Wildman–Crippen MR) is 113 cm³/mol. The summed E-state index contributed by atoms with van der Waals surface area (Å²) in [7, 11) is 0. The van der Waals surface area contributed by atoms with E-state index in [0.717, 1.165) is 0 Å². The number of nitro benzene ring substituents is 1. The third kappa shape index (κ3) is 3.95. The van der Waals surface area contributed by atoms with Crippen LogP contribution in [0.1, 0.15) is 11.3 Å². The molecule has 0 amide bonds. The number of nitro groups is 1. The Bertz CT molecular complexity index is 1260. The van der Waals surface area contributed by atoms with Crippen molar-refractivity contribution in [2.75, 3.05) is 0 Å². The van der Waals surface area contributed by atoms with Crippen LogP contribution >= 0.6 is 34.8 Å². The van der Waals surface area contributed by atoms with E-state index in [1.807, 2.05) is 0 Å². The Morgan fingerprint density at radius 1 is 0.933 bits per heavy atom. The van der Waals surface area contributed by atoms with Crippen LogP contribution in [0, 0.1) is 10.1 Å². The van der Waals surface area contributed by atoms with Gasteiger partial charge in [0.25, 0.3) is 5.69 Å². The molecule has 0 N–H and O–H groups in total. The minimum atomic E-state index is -0.713. The van der Waals surface area contributed by atoms with Gasteiger partial charge < -0.3 is 9.15 Å². The largest absolute Gasteiger partial charge is 0.457 e. The average Bonchev–Trinajstić information content (AvgIpc) is 3.31. The fourth-order valence-electron chi connectivity index (χ4n) is 2.69. The Morgan fingerprint density at radius 2 is 1.67 bits per heavy atom. The maximum atomic E-state index is 12.2. The van der Waals surface area contributed by atoms with Crippen LogP contribution in [-0.2, 0) is 9.53 Å². The summed E-state index contributed by atoms with van der Waals surface area (Å²) in [5.74, 6) is 0.0942. The monoisotopic (exact) mass is 462 g/mol. The number of carbonyl (C=O) groups excluding carboxylic acids is 1. The Labute approximate surface area is 184 Å². The van der Waals surface area contributed by atoms with Crippen LogP contribution in [-0.4, -0.2) is 16.8 Å². The number of hydrogen-bond acceptors (Lipinski definition) is 6. The zero-order valence-electron chi connectivity index (χ0n) is 14.8. The molecule has 0 fully saturated rings. The Morgan fingerprint density at radius 3 is 2.40 bits per heavy atom. The van der Waals surface area contributed by atoms with Gasteiger partial charge in [-0.25, -0.2) is 9.79 Å². The van der Waals surface area contributed by atoms with E-state index in [0.29, 0.717) is 27.1 Å². The fraction of sp³-hybridized carbons (Fsp3) is 0. The van der Waals surface area contributed by atoms with Gasteiger partial charge in [0.05, 0.1) is 15.0 Å². The van der Waals surface area contributed by atoms with Gasteiger partial charge in [0.15, 0.2) is 5.70 Å². The first-order valence-electron chi connectivity index (χ1n) is 8.34. The number of carbonyl (C=O) groups is 1. The lowest BCUT2D eigenvalue weighted by Crippen LogP contribution is -2.06. The van der Waals surface area contributed by atoms with E-state index in [1.54, 1.807) is 30.3 Å². The lowest BCUT2D eigenvalue weighted by Gasteiger charge is -2.00. The van der Waals surface area contributed by atoms with Gasteiger partial charge in [-0.1, -0.05) is 34.8 Å². The highest BCUT2D eigenvalue weighted by Crippen LogP contribution is 2.31. The van der Waals surface area contributed by atoms with Crippen molar-refractivity contribution < 1.29 is 18.9 Å². The van der Waals surface area contributed by atoms with Gasteiger partial charge in [-0.2, -0.15) is 0 Å². The molecule has 0 saturated heterocycles. The van der Waals surface area contributed by atoms with Gasteiger partial charge in [-0.3, -0.25) is 10.1 Å². The highest BCUT2D eigenvalue weighted by atomic mass is 35.5. The first kappa shape index (κ1) is 20.2. The second-order valence-corrected chi connectivity index (χ2v) is 7.31. The van der Waals surface area contributed by atoms with Crippen molar-refractivity contribution in [3.8, 4) is 11.3 Å². The second kappa shape index (κ2) is 7.95. The zero-order chi connectivity index (χ0) is 21.4. The lowest BCUT2D eigenvalue weighted by molar-refractivity contribution is -0.384. The van der Waals surface area contributed by atoms with E-state index in [4.69, 9.17) is 44.0 Å². The van der Waals surface area contributed by atoms with E-state index in [-0.39, 0.29) is 27.9 Å². The summed E-state index contributed by atoms with van der Waals surface area (Å²) in [6.07, 6.45) is 1.40. The molecule has 0 radical (unpaired) electrons. The molecule has 30 heavy (non-hydrogen) atoms. The maximum Gasteiger partial charge on any atom is 0.363 e. The molecule has 4 rings (SSSR count). The molecule has 1 aliphatic rings. The number of benzene rings is 2. The number of ether oxygens (including phenoxy) is 1. The number of rotatable bonds is 4. The van der Waals surface area contributed by atoms with Crippen LogP contribution in [0.5, 0.6) is 0 Å². The molecule has 0 unspecified atom stereocenters. The topological polar surface area (TPSA) is 94.9 Å². The van der Waals surface area contributed by atoms with Crippen molar-refractivity contribution in [2.45, 2.75) is 0 Å². The molecule has 0 atom stereocenters. The van der Waals surface area contributed by atoms with E-state index in [9.17, 15) is 14.9 Å². The van der Waals surface area contributed by atoms with E-state index < -0.39 is 10.9 Å².